The lowest BCUT2D eigenvalue weighted by Gasteiger charge is -2.37. The average Bonchev–Trinajstić information content (AvgIpc) is 3.30. The zero-order valence-corrected chi connectivity index (χ0v) is 20.5. The summed E-state index contributed by atoms with van der Waals surface area (Å²) in [6, 6.07) is 7.76. The molecule has 0 spiro atoms. The molecule has 1 N–H and O–H groups in total. The van der Waals surface area contributed by atoms with E-state index in [1.807, 2.05) is 18.4 Å². The highest BCUT2D eigenvalue weighted by molar-refractivity contribution is 7.10. The Bertz CT molecular complexity index is 935. The van der Waals surface area contributed by atoms with Gasteiger partial charge in [-0.3, -0.25) is 4.79 Å². The van der Waals surface area contributed by atoms with E-state index in [2.05, 4.69) is 19.2 Å². The van der Waals surface area contributed by atoms with Crippen LogP contribution in [0.15, 0.2) is 35.7 Å². The SMILES string of the molecule is CCCNC(=O)N(CC(=O)N1CCc2sccc2[C@@H]1COc1ccccc1F)C[C@H](C)CC. The number of urea groups is 1. The minimum atomic E-state index is -0.427. The van der Waals surface area contributed by atoms with Crippen molar-refractivity contribution in [1.82, 2.24) is 15.1 Å². The lowest BCUT2D eigenvalue weighted by atomic mass is 10.00. The number of hydrogen-bond acceptors (Lipinski definition) is 4. The van der Waals surface area contributed by atoms with E-state index < -0.39 is 5.82 Å². The minimum Gasteiger partial charge on any atom is -0.488 e. The van der Waals surface area contributed by atoms with Gasteiger partial charge in [-0.2, -0.15) is 0 Å². The van der Waals surface area contributed by atoms with Crippen molar-refractivity contribution in [2.75, 3.05) is 32.8 Å². The van der Waals surface area contributed by atoms with Crippen LogP contribution in [0.3, 0.4) is 0 Å². The summed E-state index contributed by atoms with van der Waals surface area (Å²) in [6.07, 6.45) is 2.52. The first-order valence-electron chi connectivity index (χ1n) is 11.7. The summed E-state index contributed by atoms with van der Waals surface area (Å²) in [6.45, 7) is 7.96. The largest absolute Gasteiger partial charge is 0.488 e. The molecule has 1 aromatic carbocycles. The van der Waals surface area contributed by atoms with Crippen molar-refractivity contribution in [3.8, 4) is 5.75 Å². The molecule has 8 heteroatoms. The number of halogens is 1. The lowest BCUT2D eigenvalue weighted by molar-refractivity contribution is -0.135. The van der Waals surface area contributed by atoms with Gasteiger partial charge in [0.2, 0.25) is 5.91 Å². The summed E-state index contributed by atoms with van der Waals surface area (Å²) in [5.74, 6) is -0.0900. The Morgan fingerprint density at radius 3 is 2.82 bits per heavy atom. The fourth-order valence-electron chi connectivity index (χ4n) is 3.93. The number of fused-ring (bicyclic) bond motifs is 1. The molecule has 6 nitrogen and oxygen atoms in total. The monoisotopic (exact) mass is 475 g/mol. The number of hydrogen-bond donors (Lipinski definition) is 1. The molecular formula is C25H34FN3O3S. The lowest BCUT2D eigenvalue weighted by Crippen LogP contribution is -2.50. The Morgan fingerprint density at radius 2 is 2.09 bits per heavy atom. The number of ether oxygens (including phenoxy) is 1. The van der Waals surface area contributed by atoms with Crippen LogP contribution < -0.4 is 10.1 Å². The molecule has 0 aliphatic carbocycles. The number of carbonyl (C=O) groups excluding carboxylic acids is 2. The van der Waals surface area contributed by atoms with Crippen LogP contribution in [0.2, 0.25) is 0 Å². The maximum Gasteiger partial charge on any atom is 0.317 e. The van der Waals surface area contributed by atoms with Crippen molar-refractivity contribution >= 4 is 23.3 Å². The van der Waals surface area contributed by atoms with Gasteiger partial charge >= 0.3 is 6.03 Å². The Kier molecular flexibility index (Phi) is 9.11. The van der Waals surface area contributed by atoms with Crippen molar-refractivity contribution in [2.45, 2.75) is 46.1 Å². The minimum absolute atomic E-state index is 0.00948. The third-order valence-electron chi connectivity index (χ3n) is 6.02. The molecule has 33 heavy (non-hydrogen) atoms. The second-order valence-electron chi connectivity index (χ2n) is 8.52. The van der Waals surface area contributed by atoms with E-state index in [4.69, 9.17) is 4.74 Å². The summed E-state index contributed by atoms with van der Waals surface area (Å²) in [5, 5.41) is 4.91. The van der Waals surface area contributed by atoms with Gasteiger partial charge in [-0.15, -0.1) is 11.3 Å². The average molecular weight is 476 g/mol. The first-order chi connectivity index (χ1) is 15.9. The maximum atomic E-state index is 14.1. The molecule has 2 aromatic rings. The van der Waals surface area contributed by atoms with Gasteiger partial charge in [-0.05, 0) is 47.9 Å². The number of nitrogens with one attached hydrogen (secondary N) is 1. The van der Waals surface area contributed by atoms with Gasteiger partial charge in [0.05, 0.1) is 6.04 Å². The topological polar surface area (TPSA) is 61.9 Å². The van der Waals surface area contributed by atoms with Crippen LogP contribution in [0.25, 0.3) is 0 Å². The highest BCUT2D eigenvalue weighted by atomic mass is 32.1. The first-order valence-corrected chi connectivity index (χ1v) is 12.6. The summed E-state index contributed by atoms with van der Waals surface area (Å²) < 4.78 is 19.9. The van der Waals surface area contributed by atoms with Crippen molar-refractivity contribution in [3.63, 3.8) is 0 Å². The fourth-order valence-corrected chi connectivity index (χ4v) is 4.86. The van der Waals surface area contributed by atoms with Crippen LogP contribution in [-0.2, 0) is 11.2 Å². The second-order valence-corrected chi connectivity index (χ2v) is 9.52. The summed E-state index contributed by atoms with van der Waals surface area (Å²) in [4.78, 5) is 30.8. The van der Waals surface area contributed by atoms with Gasteiger partial charge in [0.1, 0.15) is 13.2 Å². The molecule has 3 rings (SSSR count). The molecule has 0 fully saturated rings. The number of benzene rings is 1. The van der Waals surface area contributed by atoms with E-state index in [1.54, 1.807) is 39.3 Å². The van der Waals surface area contributed by atoms with Crippen molar-refractivity contribution in [2.24, 2.45) is 5.92 Å². The molecule has 0 saturated carbocycles. The number of para-hydroxylation sites is 1. The summed E-state index contributed by atoms with van der Waals surface area (Å²) >= 11 is 1.66. The number of thiophene rings is 1. The van der Waals surface area contributed by atoms with Crippen LogP contribution in [0.5, 0.6) is 5.75 Å². The zero-order chi connectivity index (χ0) is 23.8. The smallest absolute Gasteiger partial charge is 0.317 e. The first kappa shape index (κ1) is 25.0. The van der Waals surface area contributed by atoms with Crippen molar-refractivity contribution < 1.29 is 18.7 Å². The number of rotatable bonds is 10. The van der Waals surface area contributed by atoms with E-state index in [0.29, 0.717) is 19.6 Å². The molecule has 0 saturated heterocycles. The van der Waals surface area contributed by atoms with Gasteiger partial charge in [0.15, 0.2) is 11.6 Å². The Morgan fingerprint density at radius 1 is 1.30 bits per heavy atom. The van der Waals surface area contributed by atoms with Crippen molar-refractivity contribution in [1.29, 1.82) is 0 Å². The Hall–Kier alpha value is -2.61. The van der Waals surface area contributed by atoms with Crippen LogP contribution in [0, 0.1) is 11.7 Å². The number of nitrogens with zero attached hydrogens (tertiary/aromatic N) is 2. The zero-order valence-electron chi connectivity index (χ0n) is 19.7. The van der Waals surface area contributed by atoms with E-state index in [1.165, 1.54) is 10.9 Å². The normalized spacial score (nSPS) is 16.1. The molecular weight excluding hydrogens is 441 g/mol. The van der Waals surface area contributed by atoms with Gasteiger partial charge < -0.3 is 19.9 Å². The van der Waals surface area contributed by atoms with E-state index in [-0.39, 0.29) is 42.8 Å². The van der Waals surface area contributed by atoms with Crippen molar-refractivity contribution in [3.05, 3.63) is 52.0 Å². The molecule has 2 atom stereocenters. The van der Waals surface area contributed by atoms with Crippen LogP contribution in [0.4, 0.5) is 9.18 Å². The molecule has 0 bridgehead atoms. The molecule has 1 aliphatic heterocycles. The van der Waals surface area contributed by atoms with Crippen LogP contribution in [-0.4, -0.2) is 54.5 Å². The molecule has 3 amide bonds. The van der Waals surface area contributed by atoms with Crippen LogP contribution >= 0.6 is 11.3 Å². The Labute approximate surface area is 199 Å². The molecule has 0 radical (unpaired) electrons. The molecule has 1 aliphatic rings. The summed E-state index contributed by atoms with van der Waals surface area (Å²) in [7, 11) is 0. The third kappa shape index (κ3) is 6.47. The second kappa shape index (κ2) is 12.0. The predicted molar refractivity (Wildman–Crippen MR) is 129 cm³/mol. The maximum absolute atomic E-state index is 14.1. The highest BCUT2D eigenvalue weighted by Gasteiger charge is 2.33. The molecule has 0 unspecified atom stereocenters. The van der Waals surface area contributed by atoms with Gasteiger partial charge in [0.25, 0.3) is 0 Å². The third-order valence-corrected chi connectivity index (χ3v) is 7.01. The standard InChI is InChI=1S/C25H34FN3O3S/c1-4-12-27-25(31)28(15-18(3)5-2)16-24(30)29-13-10-23-19(11-14-33-23)21(29)17-32-22-9-7-6-8-20(22)26/h6-9,11,14,18,21H,4-5,10,12-13,15-17H2,1-3H3,(H,27,31)/t18-,21+/m1/s1. The van der Waals surface area contributed by atoms with Gasteiger partial charge in [0, 0.05) is 24.5 Å². The molecule has 1 aromatic heterocycles. The Balaban J connectivity index is 1.76. The predicted octanol–water partition coefficient (Wildman–Crippen LogP) is 4.86. The van der Waals surface area contributed by atoms with Gasteiger partial charge in [-0.1, -0.05) is 39.3 Å². The number of amides is 3. The fraction of sp³-hybridized carbons (Fsp3) is 0.520. The van der Waals surface area contributed by atoms with E-state index in [0.717, 1.165) is 24.8 Å². The molecule has 2 heterocycles. The van der Waals surface area contributed by atoms with E-state index >= 15 is 0 Å². The molecule has 180 valence electrons. The van der Waals surface area contributed by atoms with Crippen LogP contribution in [0.1, 0.15) is 50.1 Å². The quantitative estimate of drug-likeness (QED) is 0.534. The van der Waals surface area contributed by atoms with E-state index in [9.17, 15) is 14.0 Å². The highest BCUT2D eigenvalue weighted by Crippen LogP contribution is 2.34. The summed E-state index contributed by atoms with van der Waals surface area (Å²) in [5.41, 5.74) is 1.04. The van der Waals surface area contributed by atoms with Gasteiger partial charge in [-0.25, -0.2) is 9.18 Å². The number of carbonyl (C=O) groups is 2.